The minimum absolute atomic E-state index is 0.371. The molecule has 148 valence electrons. The van der Waals surface area contributed by atoms with Crippen LogP contribution in [0.3, 0.4) is 0 Å². The minimum Gasteiger partial charge on any atom is -0.493 e. The van der Waals surface area contributed by atoms with Crippen molar-refractivity contribution >= 4 is 17.8 Å². The van der Waals surface area contributed by atoms with Gasteiger partial charge in [-0.1, -0.05) is 36.4 Å². The van der Waals surface area contributed by atoms with Gasteiger partial charge in [-0.25, -0.2) is 5.43 Å². The molecule has 0 radical (unpaired) electrons. The number of para-hydroxylation sites is 1. The predicted molar refractivity (Wildman–Crippen MR) is 114 cm³/mol. The zero-order chi connectivity index (χ0) is 20.6. The summed E-state index contributed by atoms with van der Waals surface area (Å²) in [6, 6.07) is 20.3. The van der Waals surface area contributed by atoms with Gasteiger partial charge in [0.05, 0.1) is 18.9 Å². The van der Waals surface area contributed by atoms with E-state index in [1.807, 2.05) is 43.3 Å². The van der Waals surface area contributed by atoms with Crippen LogP contribution in [-0.4, -0.2) is 19.2 Å². The van der Waals surface area contributed by atoms with Crippen molar-refractivity contribution in [3.05, 3.63) is 89.0 Å². The predicted octanol–water partition coefficient (Wildman–Crippen LogP) is 3.93. The lowest BCUT2D eigenvalue weighted by Gasteiger charge is -2.12. The molecule has 3 N–H and O–H groups in total. The molecule has 0 heterocycles. The lowest BCUT2D eigenvalue weighted by Crippen LogP contribution is -2.19. The van der Waals surface area contributed by atoms with Crippen molar-refractivity contribution in [3.63, 3.8) is 0 Å². The van der Waals surface area contributed by atoms with Crippen LogP contribution in [0.15, 0.2) is 71.8 Å². The van der Waals surface area contributed by atoms with Gasteiger partial charge in [-0.15, -0.1) is 0 Å². The third-order valence-electron chi connectivity index (χ3n) is 4.42. The second-order valence-corrected chi connectivity index (χ2v) is 6.41. The number of benzene rings is 3. The van der Waals surface area contributed by atoms with E-state index in [1.54, 1.807) is 37.4 Å². The zero-order valence-corrected chi connectivity index (χ0v) is 16.4. The highest BCUT2D eigenvalue weighted by molar-refractivity contribution is 5.99. The molecule has 3 aromatic carbocycles. The fourth-order valence-electron chi connectivity index (χ4n) is 2.74. The van der Waals surface area contributed by atoms with Crippen LogP contribution < -0.4 is 20.6 Å². The number of amides is 1. The van der Waals surface area contributed by atoms with E-state index in [-0.39, 0.29) is 5.91 Å². The Bertz CT molecular complexity index is 1030. The molecule has 3 aromatic rings. The highest BCUT2D eigenvalue weighted by Crippen LogP contribution is 2.28. The number of carbonyl (C=O) groups is 1. The van der Waals surface area contributed by atoms with Crippen molar-refractivity contribution in [2.75, 3.05) is 12.8 Å². The number of hydrogen-bond donors (Lipinski definition) is 2. The summed E-state index contributed by atoms with van der Waals surface area (Å²) in [5.74, 6) is 0.847. The van der Waals surface area contributed by atoms with Crippen molar-refractivity contribution in [2.45, 2.75) is 13.5 Å². The number of nitrogens with two attached hydrogens (primary N) is 1. The number of ether oxygens (including phenoxy) is 2. The van der Waals surface area contributed by atoms with Gasteiger partial charge < -0.3 is 15.2 Å². The summed E-state index contributed by atoms with van der Waals surface area (Å²) in [5.41, 5.74) is 12.1. The first-order valence-electron chi connectivity index (χ1n) is 9.11. The molecule has 0 aliphatic rings. The number of anilines is 1. The highest BCUT2D eigenvalue weighted by atomic mass is 16.5. The van der Waals surface area contributed by atoms with Gasteiger partial charge in [-0.05, 0) is 53.9 Å². The van der Waals surface area contributed by atoms with Crippen LogP contribution >= 0.6 is 0 Å². The molecule has 0 unspecified atom stereocenters. The van der Waals surface area contributed by atoms with Gasteiger partial charge in [0.2, 0.25) is 0 Å². The Morgan fingerprint density at radius 1 is 1.07 bits per heavy atom. The number of hydrazone groups is 1. The average Bonchev–Trinajstić information content (AvgIpc) is 2.74. The van der Waals surface area contributed by atoms with Gasteiger partial charge in [0, 0.05) is 5.69 Å². The Hall–Kier alpha value is -3.80. The molecule has 3 rings (SSSR count). The van der Waals surface area contributed by atoms with Gasteiger partial charge in [-0.2, -0.15) is 5.10 Å². The highest BCUT2D eigenvalue weighted by Gasteiger charge is 2.08. The average molecular weight is 389 g/mol. The summed E-state index contributed by atoms with van der Waals surface area (Å²) < 4.78 is 11.3. The minimum atomic E-state index is -0.371. The van der Waals surface area contributed by atoms with Crippen molar-refractivity contribution < 1.29 is 14.3 Å². The SMILES string of the molecule is COc1cc(/C=N/NC(=O)c2ccccc2N)ccc1OCc1ccccc1C. The lowest BCUT2D eigenvalue weighted by atomic mass is 10.1. The molecule has 29 heavy (non-hydrogen) atoms. The fourth-order valence-corrected chi connectivity index (χ4v) is 2.74. The largest absolute Gasteiger partial charge is 0.493 e. The molecule has 0 aliphatic carbocycles. The molecule has 0 aliphatic heterocycles. The number of nitrogens with one attached hydrogen (secondary N) is 1. The topological polar surface area (TPSA) is 85.9 Å². The molecule has 0 saturated carbocycles. The number of hydrogen-bond acceptors (Lipinski definition) is 5. The van der Waals surface area contributed by atoms with E-state index >= 15 is 0 Å². The van der Waals surface area contributed by atoms with E-state index < -0.39 is 0 Å². The van der Waals surface area contributed by atoms with E-state index in [1.165, 1.54) is 11.8 Å². The normalized spacial score (nSPS) is 10.7. The summed E-state index contributed by atoms with van der Waals surface area (Å²) in [7, 11) is 1.58. The Morgan fingerprint density at radius 2 is 1.83 bits per heavy atom. The summed E-state index contributed by atoms with van der Waals surface area (Å²) in [5, 5.41) is 3.99. The van der Waals surface area contributed by atoms with E-state index in [9.17, 15) is 4.79 Å². The zero-order valence-electron chi connectivity index (χ0n) is 16.4. The first kappa shape index (κ1) is 19.9. The number of nitrogens with zero attached hydrogens (tertiary/aromatic N) is 1. The summed E-state index contributed by atoms with van der Waals surface area (Å²) in [6.45, 7) is 2.50. The maximum atomic E-state index is 12.1. The first-order chi connectivity index (χ1) is 14.1. The Balaban J connectivity index is 1.65. The number of carbonyl (C=O) groups excluding carboxylic acids is 1. The van der Waals surface area contributed by atoms with Crippen LogP contribution in [0, 0.1) is 6.92 Å². The van der Waals surface area contributed by atoms with Gasteiger partial charge in [0.1, 0.15) is 6.61 Å². The Labute approximate surface area is 170 Å². The summed E-state index contributed by atoms with van der Waals surface area (Å²) >= 11 is 0. The standard InChI is InChI=1S/C23H23N3O3/c1-16-7-3-4-8-18(16)15-29-21-12-11-17(13-22(21)28-2)14-25-26-23(27)19-9-5-6-10-20(19)24/h3-14H,15,24H2,1-2H3,(H,26,27)/b25-14+. The van der Waals surface area contributed by atoms with Crippen molar-refractivity contribution in [2.24, 2.45) is 5.10 Å². The van der Waals surface area contributed by atoms with E-state index in [4.69, 9.17) is 15.2 Å². The van der Waals surface area contributed by atoms with Crippen molar-refractivity contribution in [1.29, 1.82) is 0 Å². The molecule has 6 heteroatoms. The molecule has 1 amide bonds. The molecule has 0 aromatic heterocycles. The Kier molecular flexibility index (Phi) is 6.47. The van der Waals surface area contributed by atoms with Crippen LogP contribution in [-0.2, 0) is 6.61 Å². The second kappa shape index (κ2) is 9.41. The van der Waals surface area contributed by atoms with Crippen LogP contribution in [0.2, 0.25) is 0 Å². The van der Waals surface area contributed by atoms with Crippen LogP contribution in [0.4, 0.5) is 5.69 Å². The number of rotatable bonds is 7. The molecule has 0 saturated heterocycles. The van der Waals surface area contributed by atoms with E-state index in [0.29, 0.717) is 29.4 Å². The number of aryl methyl sites for hydroxylation is 1. The van der Waals surface area contributed by atoms with Crippen molar-refractivity contribution in [1.82, 2.24) is 5.43 Å². The summed E-state index contributed by atoms with van der Waals surface area (Å²) in [4.78, 5) is 12.1. The maximum absolute atomic E-state index is 12.1. The molecular formula is C23H23N3O3. The molecule has 0 bridgehead atoms. The molecule has 6 nitrogen and oxygen atoms in total. The first-order valence-corrected chi connectivity index (χ1v) is 9.11. The number of methoxy groups -OCH3 is 1. The van der Waals surface area contributed by atoms with Crippen molar-refractivity contribution in [3.8, 4) is 11.5 Å². The van der Waals surface area contributed by atoms with Crippen LogP contribution in [0.25, 0.3) is 0 Å². The summed E-state index contributed by atoms with van der Waals surface area (Å²) in [6.07, 6.45) is 1.53. The van der Waals surface area contributed by atoms with Crippen LogP contribution in [0.1, 0.15) is 27.0 Å². The molecular weight excluding hydrogens is 366 g/mol. The fraction of sp³-hybridized carbons (Fsp3) is 0.130. The van der Waals surface area contributed by atoms with Gasteiger partial charge in [0.15, 0.2) is 11.5 Å². The van der Waals surface area contributed by atoms with Gasteiger partial charge in [-0.3, -0.25) is 4.79 Å². The second-order valence-electron chi connectivity index (χ2n) is 6.41. The van der Waals surface area contributed by atoms with E-state index in [0.717, 1.165) is 11.1 Å². The third-order valence-corrected chi connectivity index (χ3v) is 4.42. The Morgan fingerprint density at radius 3 is 2.59 bits per heavy atom. The van der Waals surface area contributed by atoms with Gasteiger partial charge >= 0.3 is 0 Å². The van der Waals surface area contributed by atoms with Gasteiger partial charge in [0.25, 0.3) is 5.91 Å². The third kappa shape index (κ3) is 5.13. The monoisotopic (exact) mass is 389 g/mol. The van der Waals surface area contributed by atoms with E-state index in [2.05, 4.69) is 10.5 Å². The molecule has 0 atom stereocenters. The molecule has 0 fully saturated rings. The quantitative estimate of drug-likeness (QED) is 0.364. The van der Waals surface area contributed by atoms with Crippen LogP contribution in [0.5, 0.6) is 11.5 Å². The maximum Gasteiger partial charge on any atom is 0.273 e. The smallest absolute Gasteiger partial charge is 0.273 e. The number of nitrogen functional groups attached to an aromatic ring is 1. The lowest BCUT2D eigenvalue weighted by molar-refractivity contribution is 0.0956. The molecule has 0 spiro atoms.